The number of rotatable bonds is 5. The van der Waals surface area contributed by atoms with Gasteiger partial charge in [-0.15, -0.1) is 11.3 Å². The van der Waals surface area contributed by atoms with Crippen LogP contribution in [0.5, 0.6) is 0 Å². The molecule has 0 bridgehead atoms. The lowest BCUT2D eigenvalue weighted by atomic mass is 9.94. The van der Waals surface area contributed by atoms with Crippen LogP contribution in [0, 0.1) is 0 Å². The molecule has 8 nitrogen and oxygen atoms in total. The van der Waals surface area contributed by atoms with Crippen molar-refractivity contribution >= 4 is 27.5 Å². The SMILES string of the molecule is CCn1c(=O)n(CC(=O)NCc2ccco2)c(=O)c2c3c(sc21)COC(C)(C)C3. The molecule has 0 radical (unpaired) electrons. The van der Waals surface area contributed by atoms with Crippen molar-refractivity contribution in [2.75, 3.05) is 0 Å². The standard InChI is InChI=1S/C20H23N3O5S/c1-4-22-18-16(13-8-20(2,3)28-11-14(13)29-18)17(25)23(19(22)26)10-15(24)21-9-12-6-5-7-27-12/h5-7H,4,8-11H2,1-3H3,(H,21,24). The van der Waals surface area contributed by atoms with Crippen molar-refractivity contribution in [1.29, 1.82) is 0 Å². The molecule has 1 aliphatic rings. The van der Waals surface area contributed by atoms with Crippen molar-refractivity contribution < 1.29 is 13.9 Å². The molecular formula is C20H23N3O5S. The van der Waals surface area contributed by atoms with Crippen molar-refractivity contribution in [3.05, 3.63) is 55.4 Å². The van der Waals surface area contributed by atoms with Gasteiger partial charge in [-0.3, -0.25) is 18.7 Å². The number of fused-ring (bicyclic) bond motifs is 3. The topological polar surface area (TPSA) is 95.5 Å². The summed E-state index contributed by atoms with van der Waals surface area (Å²) in [6.07, 6.45) is 2.11. The zero-order valence-corrected chi connectivity index (χ0v) is 17.4. The molecule has 0 spiro atoms. The number of aromatic nitrogens is 2. The third-order valence-electron chi connectivity index (χ3n) is 5.09. The van der Waals surface area contributed by atoms with E-state index in [4.69, 9.17) is 9.15 Å². The van der Waals surface area contributed by atoms with E-state index in [1.54, 1.807) is 16.7 Å². The molecule has 3 aromatic rings. The van der Waals surface area contributed by atoms with Gasteiger partial charge in [-0.2, -0.15) is 0 Å². The summed E-state index contributed by atoms with van der Waals surface area (Å²) in [6, 6.07) is 3.47. The van der Waals surface area contributed by atoms with Crippen LogP contribution in [-0.4, -0.2) is 20.6 Å². The molecule has 0 saturated heterocycles. The van der Waals surface area contributed by atoms with Gasteiger partial charge in [-0.1, -0.05) is 0 Å². The van der Waals surface area contributed by atoms with Crippen LogP contribution in [0.3, 0.4) is 0 Å². The van der Waals surface area contributed by atoms with Gasteiger partial charge in [-0.25, -0.2) is 4.79 Å². The zero-order chi connectivity index (χ0) is 20.8. The Kier molecular flexibility index (Phi) is 4.95. The summed E-state index contributed by atoms with van der Waals surface area (Å²) in [6.45, 7) is 6.51. The van der Waals surface area contributed by atoms with E-state index in [1.807, 2.05) is 20.8 Å². The number of ether oxygens (including phenoxy) is 1. The van der Waals surface area contributed by atoms with Crippen molar-refractivity contribution in [3.8, 4) is 0 Å². The van der Waals surface area contributed by atoms with Crippen LogP contribution in [0.2, 0.25) is 0 Å². The summed E-state index contributed by atoms with van der Waals surface area (Å²) in [5, 5.41) is 3.21. The van der Waals surface area contributed by atoms with Crippen LogP contribution < -0.4 is 16.6 Å². The molecule has 9 heteroatoms. The fourth-order valence-electron chi connectivity index (χ4n) is 3.62. The zero-order valence-electron chi connectivity index (χ0n) is 16.6. The van der Waals surface area contributed by atoms with Gasteiger partial charge in [0.1, 0.15) is 17.1 Å². The van der Waals surface area contributed by atoms with E-state index in [9.17, 15) is 14.4 Å². The van der Waals surface area contributed by atoms with Gasteiger partial charge >= 0.3 is 5.69 Å². The quantitative estimate of drug-likeness (QED) is 0.685. The predicted molar refractivity (Wildman–Crippen MR) is 109 cm³/mol. The van der Waals surface area contributed by atoms with Gasteiger partial charge in [0.25, 0.3) is 5.56 Å². The van der Waals surface area contributed by atoms with Crippen LogP contribution in [0.15, 0.2) is 32.4 Å². The number of nitrogens with one attached hydrogen (secondary N) is 1. The molecule has 0 aliphatic carbocycles. The number of amides is 1. The van der Waals surface area contributed by atoms with E-state index in [-0.39, 0.29) is 18.7 Å². The second-order valence-electron chi connectivity index (χ2n) is 7.68. The summed E-state index contributed by atoms with van der Waals surface area (Å²) in [4.78, 5) is 40.2. The molecule has 3 aromatic heterocycles. The summed E-state index contributed by atoms with van der Waals surface area (Å²) in [7, 11) is 0. The van der Waals surface area contributed by atoms with E-state index in [2.05, 4.69) is 5.32 Å². The highest BCUT2D eigenvalue weighted by Gasteiger charge is 2.31. The van der Waals surface area contributed by atoms with E-state index in [0.717, 1.165) is 15.0 Å². The molecule has 1 aliphatic heterocycles. The molecule has 29 heavy (non-hydrogen) atoms. The fraction of sp³-hybridized carbons (Fsp3) is 0.450. The highest BCUT2D eigenvalue weighted by molar-refractivity contribution is 7.18. The summed E-state index contributed by atoms with van der Waals surface area (Å²) in [5.41, 5.74) is -0.348. The van der Waals surface area contributed by atoms with Gasteiger partial charge in [0.05, 0.1) is 30.4 Å². The first-order chi connectivity index (χ1) is 13.8. The Balaban J connectivity index is 1.75. The number of aryl methyl sites for hydroxylation is 1. The average Bonchev–Trinajstić information content (AvgIpc) is 3.30. The molecular weight excluding hydrogens is 394 g/mol. The maximum atomic E-state index is 13.2. The lowest BCUT2D eigenvalue weighted by Crippen LogP contribution is -2.43. The van der Waals surface area contributed by atoms with Crippen LogP contribution >= 0.6 is 11.3 Å². The van der Waals surface area contributed by atoms with Crippen molar-refractivity contribution in [2.24, 2.45) is 0 Å². The first kappa shape index (κ1) is 19.7. The Labute approximate surface area is 170 Å². The number of thiophene rings is 1. The maximum Gasteiger partial charge on any atom is 0.332 e. The number of hydrogen-bond donors (Lipinski definition) is 1. The van der Waals surface area contributed by atoms with Crippen molar-refractivity contribution in [1.82, 2.24) is 14.5 Å². The minimum Gasteiger partial charge on any atom is -0.467 e. The second kappa shape index (κ2) is 7.31. The lowest BCUT2D eigenvalue weighted by molar-refractivity contribution is -0.122. The third-order valence-corrected chi connectivity index (χ3v) is 6.32. The summed E-state index contributed by atoms with van der Waals surface area (Å²) in [5.74, 6) is 0.177. The normalized spacial score (nSPS) is 15.4. The second-order valence-corrected chi connectivity index (χ2v) is 8.77. The van der Waals surface area contributed by atoms with E-state index in [1.165, 1.54) is 17.6 Å². The number of hydrogen-bond acceptors (Lipinski definition) is 6. The summed E-state index contributed by atoms with van der Waals surface area (Å²) >= 11 is 1.43. The number of nitrogens with zero attached hydrogens (tertiary/aromatic N) is 2. The Morgan fingerprint density at radius 3 is 2.79 bits per heavy atom. The van der Waals surface area contributed by atoms with Crippen LogP contribution in [0.1, 0.15) is 37.0 Å². The van der Waals surface area contributed by atoms with E-state index < -0.39 is 17.2 Å². The smallest absolute Gasteiger partial charge is 0.332 e. The molecule has 0 atom stereocenters. The first-order valence-electron chi connectivity index (χ1n) is 9.51. The fourth-order valence-corrected chi connectivity index (χ4v) is 4.90. The molecule has 1 N–H and O–H groups in total. The molecule has 1 amide bonds. The van der Waals surface area contributed by atoms with Crippen molar-refractivity contribution in [2.45, 2.75) is 59.0 Å². The Hall–Kier alpha value is -2.65. The van der Waals surface area contributed by atoms with Crippen LogP contribution in [-0.2, 0) is 42.2 Å². The van der Waals surface area contributed by atoms with Crippen LogP contribution in [0.4, 0.5) is 0 Å². The molecule has 0 saturated carbocycles. The van der Waals surface area contributed by atoms with Gasteiger partial charge < -0.3 is 14.5 Å². The maximum absolute atomic E-state index is 13.2. The minimum atomic E-state index is -0.475. The van der Waals surface area contributed by atoms with Crippen LogP contribution in [0.25, 0.3) is 10.2 Å². The number of carbonyl (C=O) groups is 1. The molecule has 4 heterocycles. The number of carbonyl (C=O) groups excluding carboxylic acids is 1. The largest absolute Gasteiger partial charge is 0.467 e. The predicted octanol–water partition coefficient (Wildman–Crippen LogP) is 2.01. The number of furan rings is 1. The van der Waals surface area contributed by atoms with Crippen molar-refractivity contribution in [3.63, 3.8) is 0 Å². The van der Waals surface area contributed by atoms with Gasteiger partial charge in [0.2, 0.25) is 5.91 Å². The molecule has 154 valence electrons. The highest BCUT2D eigenvalue weighted by atomic mass is 32.1. The molecule has 0 aromatic carbocycles. The average molecular weight is 417 g/mol. The van der Waals surface area contributed by atoms with E-state index in [0.29, 0.717) is 35.5 Å². The Morgan fingerprint density at radius 2 is 2.10 bits per heavy atom. The minimum absolute atomic E-state index is 0.199. The lowest BCUT2D eigenvalue weighted by Gasteiger charge is -2.29. The van der Waals surface area contributed by atoms with E-state index >= 15 is 0 Å². The molecule has 4 rings (SSSR count). The molecule has 0 fully saturated rings. The highest BCUT2D eigenvalue weighted by Crippen LogP contribution is 2.37. The third kappa shape index (κ3) is 3.56. The monoisotopic (exact) mass is 417 g/mol. The molecule has 0 unspecified atom stereocenters. The Morgan fingerprint density at radius 1 is 1.31 bits per heavy atom. The first-order valence-corrected chi connectivity index (χ1v) is 10.3. The summed E-state index contributed by atoms with van der Waals surface area (Å²) < 4.78 is 13.6. The Bertz CT molecular complexity index is 1180. The van der Waals surface area contributed by atoms with Gasteiger partial charge in [-0.05, 0) is 38.5 Å². The van der Waals surface area contributed by atoms with Gasteiger partial charge in [0.15, 0.2) is 0 Å². The van der Waals surface area contributed by atoms with Gasteiger partial charge in [0, 0.05) is 17.8 Å².